The van der Waals surface area contributed by atoms with Crippen molar-refractivity contribution < 1.29 is 19.4 Å². The van der Waals surface area contributed by atoms with Crippen molar-refractivity contribution in [3.05, 3.63) is 59.7 Å². The quantitative estimate of drug-likeness (QED) is 0.902. The predicted molar refractivity (Wildman–Crippen MR) is 95.3 cm³/mol. The third-order valence-corrected chi connectivity index (χ3v) is 4.34. The fraction of sp³-hybridized carbons (Fsp3) is 0.300. The standard InChI is InChI=1S/C20H21NO4/c1-2-12-25-15-7-5-6-14(13-15)19(22)21-11-10-17(20(23)24)16-8-3-4-9-18(16)21/h3-9,13,17H,2,10-12H2,1H3,(H,23,24). The molecule has 25 heavy (non-hydrogen) atoms. The minimum absolute atomic E-state index is 0.141. The van der Waals surface area contributed by atoms with Crippen LogP contribution in [0.2, 0.25) is 0 Å². The molecule has 1 aliphatic heterocycles. The van der Waals surface area contributed by atoms with Gasteiger partial charge in [0.2, 0.25) is 0 Å². The average molecular weight is 339 g/mol. The number of nitrogens with zero attached hydrogens (tertiary/aromatic N) is 1. The zero-order chi connectivity index (χ0) is 17.8. The number of aliphatic carboxylic acids is 1. The molecule has 5 heteroatoms. The van der Waals surface area contributed by atoms with Crippen molar-refractivity contribution in [2.45, 2.75) is 25.7 Å². The minimum Gasteiger partial charge on any atom is -0.494 e. The first-order valence-electron chi connectivity index (χ1n) is 8.48. The largest absolute Gasteiger partial charge is 0.494 e. The first kappa shape index (κ1) is 17.0. The lowest BCUT2D eigenvalue weighted by atomic mass is 9.89. The molecule has 1 amide bonds. The molecule has 1 atom stereocenters. The van der Waals surface area contributed by atoms with Crippen LogP contribution in [-0.4, -0.2) is 30.1 Å². The summed E-state index contributed by atoms with van der Waals surface area (Å²) in [5.41, 5.74) is 1.90. The Labute approximate surface area is 146 Å². The first-order valence-corrected chi connectivity index (χ1v) is 8.48. The molecule has 0 spiro atoms. The van der Waals surface area contributed by atoms with Gasteiger partial charge in [0.05, 0.1) is 12.5 Å². The molecule has 0 saturated carbocycles. The van der Waals surface area contributed by atoms with Gasteiger partial charge in [0.25, 0.3) is 5.91 Å². The summed E-state index contributed by atoms with van der Waals surface area (Å²) in [5.74, 6) is -0.895. The van der Waals surface area contributed by atoms with Gasteiger partial charge in [0, 0.05) is 17.8 Å². The highest BCUT2D eigenvalue weighted by Crippen LogP contribution is 2.36. The summed E-state index contributed by atoms with van der Waals surface area (Å²) in [6.07, 6.45) is 1.30. The van der Waals surface area contributed by atoms with Crippen LogP contribution in [0.3, 0.4) is 0 Å². The molecule has 1 unspecified atom stereocenters. The molecule has 0 fully saturated rings. The maximum atomic E-state index is 13.0. The Morgan fingerprint density at radius 2 is 2.00 bits per heavy atom. The molecular formula is C20H21NO4. The molecule has 0 saturated heterocycles. The second-order valence-electron chi connectivity index (χ2n) is 6.07. The Bertz CT molecular complexity index is 787. The van der Waals surface area contributed by atoms with Gasteiger partial charge in [-0.2, -0.15) is 0 Å². The number of benzene rings is 2. The van der Waals surface area contributed by atoms with Gasteiger partial charge >= 0.3 is 5.97 Å². The SMILES string of the molecule is CCCOc1cccc(C(=O)N2CCC(C(=O)O)c3ccccc32)c1. The van der Waals surface area contributed by atoms with E-state index in [1.165, 1.54) is 0 Å². The number of para-hydroxylation sites is 1. The smallest absolute Gasteiger partial charge is 0.311 e. The third-order valence-electron chi connectivity index (χ3n) is 4.34. The van der Waals surface area contributed by atoms with Crippen LogP contribution in [0, 0.1) is 0 Å². The summed E-state index contributed by atoms with van der Waals surface area (Å²) in [5, 5.41) is 9.43. The van der Waals surface area contributed by atoms with Crippen molar-refractivity contribution in [1.82, 2.24) is 0 Å². The number of hydrogen-bond donors (Lipinski definition) is 1. The highest BCUT2D eigenvalue weighted by Gasteiger charge is 2.32. The number of hydrogen-bond acceptors (Lipinski definition) is 3. The van der Waals surface area contributed by atoms with Crippen LogP contribution in [-0.2, 0) is 4.79 Å². The number of carboxylic acid groups (broad SMARTS) is 1. The molecule has 1 heterocycles. The molecule has 2 aromatic carbocycles. The molecule has 1 N–H and O–H groups in total. The van der Waals surface area contributed by atoms with Crippen LogP contribution < -0.4 is 9.64 Å². The summed E-state index contributed by atoms with van der Waals surface area (Å²) in [6.45, 7) is 3.01. The second kappa shape index (κ2) is 7.38. The van der Waals surface area contributed by atoms with Crippen LogP contribution in [0.1, 0.15) is 41.6 Å². The highest BCUT2D eigenvalue weighted by atomic mass is 16.5. The molecular weight excluding hydrogens is 318 g/mol. The maximum Gasteiger partial charge on any atom is 0.311 e. The fourth-order valence-electron chi connectivity index (χ4n) is 3.12. The van der Waals surface area contributed by atoms with Crippen LogP contribution in [0.4, 0.5) is 5.69 Å². The number of rotatable bonds is 5. The van der Waals surface area contributed by atoms with Gasteiger partial charge in [-0.15, -0.1) is 0 Å². The third kappa shape index (κ3) is 3.50. The van der Waals surface area contributed by atoms with Crippen molar-refractivity contribution >= 4 is 17.6 Å². The van der Waals surface area contributed by atoms with Gasteiger partial charge in [0.15, 0.2) is 0 Å². The van der Waals surface area contributed by atoms with E-state index in [4.69, 9.17) is 4.74 Å². The van der Waals surface area contributed by atoms with Gasteiger partial charge < -0.3 is 14.7 Å². The lowest BCUT2D eigenvalue weighted by Gasteiger charge is -2.32. The van der Waals surface area contributed by atoms with Crippen molar-refractivity contribution in [3.63, 3.8) is 0 Å². The summed E-state index contributed by atoms with van der Waals surface area (Å²) in [6, 6.07) is 14.3. The zero-order valence-corrected chi connectivity index (χ0v) is 14.1. The Balaban J connectivity index is 1.90. The minimum atomic E-state index is -0.852. The van der Waals surface area contributed by atoms with Crippen LogP contribution in [0.15, 0.2) is 48.5 Å². The average Bonchev–Trinajstić information content (AvgIpc) is 2.65. The lowest BCUT2D eigenvalue weighted by molar-refractivity contribution is -0.139. The number of carboxylic acids is 1. The van der Waals surface area contributed by atoms with E-state index < -0.39 is 11.9 Å². The van der Waals surface area contributed by atoms with Gasteiger partial charge in [-0.05, 0) is 42.7 Å². The topological polar surface area (TPSA) is 66.8 Å². The summed E-state index contributed by atoms with van der Waals surface area (Å²) >= 11 is 0. The van der Waals surface area contributed by atoms with Crippen LogP contribution >= 0.6 is 0 Å². The summed E-state index contributed by atoms with van der Waals surface area (Å²) < 4.78 is 5.60. The summed E-state index contributed by atoms with van der Waals surface area (Å²) in [7, 11) is 0. The van der Waals surface area contributed by atoms with Crippen LogP contribution in [0.5, 0.6) is 5.75 Å². The van der Waals surface area contributed by atoms with E-state index in [9.17, 15) is 14.7 Å². The van der Waals surface area contributed by atoms with Gasteiger partial charge in [-0.25, -0.2) is 0 Å². The number of carbonyl (C=O) groups excluding carboxylic acids is 1. The highest BCUT2D eigenvalue weighted by molar-refractivity contribution is 6.07. The van der Waals surface area contributed by atoms with E-state index in [0.717, 1.165) is 6.42 Å². The van der Waals surface area contributed by atoms with E-state index in [1.54, 1.807) is 35.2 Å². The molecule has 0 bridgehead atoms. The predicted octanol–water partition coefficient (Wildman–Crippen LogP) is 3.69. The summed E-state index contributed by atoms with van der Waals surface area (Å²) in [4.78, 5) is 26.1. The van der Waals surface area contributed by atoms with Gasteiger partial charge in [-0.3, -0.25) is 9.59 Å². The Hall–Kier alpha value is -2.82. The van der Waals surface area contributed by atoms with Crippen molar-refractivity contribution in [2.75, 3.05) is 18.1 Å². The molecule has 2 aromatic rings. The maximum absolute atomic E-state index is 13.0. The van der Waals surface area contributed by atoms with Crippen molar-refractivity contribution in [1.29, 1.82) is 0 Å². The van der Waals surface area contributed by atoms with Gasteiger partial charge in [0.1, 0.15) is 5.75 Å². The van der Waals surface area contributed by atoms with Crippen molar-refractivity contribution in [2.24, 2.45) is 0 Å². The number of carbonyl (C=O) groups is 2. The molecule has 5 nitrogen and oxygen atoms in total. The Morgan fingerprint density at radius 1 is 1.20 bits per heavy atom. The number of ether oxygens (including phenoxy) is 1. The monoisotopic (exact) mass is 339 g/mol. The lowest BCUT2D eigenvalue weighted by Crippen LogP contribution is -2.38. The van der Waals surface area contributed by atoms with E-state index in [0.29, 0.717) is 42.1 Å². The number of fused-ring (bicyclic) bond motifs is 1. The second-order valence-corrected chi connectivity index (χ2v) is 6.07. The molecule has 1 aliphatic rings. The zero-order valence-electron chi connectivity index (χ0n) is 14.1. The van der Waals surface area contributed by atoms with E-state index >= 15 is 0 Å². The first-order chi connectivity index (χ1) is 12.1. The fourth-order valence-corrected chi connectivity index (χ4v) is 3.12. The Kier molecular flexibility index (Phi) is 5.03. The van der Waals surface area contributed by atoms with E-state index in [1.807, 2.05) is 25.1 Å². The van der Waals surface area contributed by atoms with E-state index in [-0.39, 0.29) is 5.91 Å². The van der Waals surface area contributed by atoms with Gasteiger partial charge in [-0.1, -0.05) is 31.2 Å². The normalized spacial score (nSPS) is 16.2. The number of anilines is 1. The van der Waals surface area contributed by atoms with Crippen LogP contribution in [0.25, 0.3) is 0 Å². The number of amides is 1. The Morgan fingerprint density at radius 3 is 2.76 bits per heavy atom. The molecule has 0 aromatic heterocycles. The molecule has 0 aliphatic carbocycles. The molecule has 3 rings (SSSR count). The molecule has 0 radical (unpaired) electrons. The molecule has 130 valence electrons. The van der Waals surface area contributed by atoms with Crippen molar-refractivity contribution in [3.8, 4) is 5.75 Å². The van der Waals surface area contributed by atoms with E-state index in [2.05, 4.69) is 0 Å².